The van der Waals surface area contributed by atoms with Crippen LogP contribution in [0.2, 0.25) is 0 Å². The Morgan fingerprint density at radius 2 is 1.78 bits per heavy atom. The lowest BCUT2D eigenvalue weighted by molar-refractivity contribution is -0.101. The summed E-state index contributed by atoms with van der Waals surface area (Å²) in [5, 5.41) is 29.7. The van der Waals surface area contributed by atoms with Gasteiger partial charge in [0.2, 0.25) is 0 Å². The normalized spacial score (nSPS) is 22.1. The molecule has 190 valence electrons. The lowest BCUT2D eigenvalue weighted by atomic mass is 9.80. The lowest BCUT2D eigenvalue weighted by Gasteiger charge is -2.45. The van der Waals surface area contributed by atoms with Crippen molar-refractivity contribution in [3.05, 3.63) is 71.3 Å². The molecule has 0 radical (unpaired) electrons. The number of nitrogens with zero attached hydrogens (tertiary/aromatic N) is 2. The van der Waals surface area contributed by atoms with Gasteiger partial charge in [0.15, 0.2) is 5.60 Å². The summed E-state index contributed by atoms with van der Waals surface area (Å²) in [7, 11) is 0. The number of carbonyl (C=O) groups is 2. The van der Waals surface area contributed by atoms with E-state index in [0.29, 0.717) is 24.9 Å². The van der Waals surface area contributed by atoms with Crippen molar-refractivity contribution in [1.29, 1.82) is 0 Å². The summed E-state index contributed by atoms with van der Waals surface area (Å²) in [6, 6.07) is 16.7. The molecule has 8 nitrogen and oxygen atoms in total. The molecule has 2 aromatic rings. The number of hydrogen-bond acceptors (Lipinski definition) is 5. The molecule has 0 saturated carbocycles. The van der Waals surface area contributed by atoms with Crippen molar-refractivity contribution in [3.63, 3.8) is 0 Å². The van der Waals surface area contributed by atoms with E-state index in [1.54, 1.807) is 18.7 Å². The standard InChI is InChI=1S/C28H32N2O6/c1-20(22-11-9-21(10-12-22)13-14-27(35)18-29(19-27)24(31)32)30-16-15-28(36-25(30)33,17-26(2,3)34)23-7-5-4-6-8-23/h4-12,20,34-35H,15-19H2,1-3H3,(H,31,32). The molecule has 2 aliphatic heterocycles. The summed E-state index contributed by atoms with van der Waals surface area (Å²) in [6.45, 7) is 5.79. The van der Waals surface area contributed by atoms with E-state index >= 15 is 0 Å². The van der Waals surface area contributed by atoms with Crippen LogP contribution in [-0.4, -0.2) is 68.1 Å². The molecule has 2 unspecified atom stereocenters. The van der Waals surface area contributed by atoms with Gasteiger partial charge >= 0.3 is 12.2 Å². The van der Waals surface area contributed by atoms with Crippen molar-refractivity contribution in [1.82, 2.24) is 9.80 Å². The van der Waals surface area contributed by atoms with E-state index in [-0.39, 0.29) is 19.1 Å². The number of β-amino-alcohol motifs (C(OH)–C–C–N with tert-alkyl or cyclic N) is 1. The summed E-state index contributed by atoms with van der Waals surface area (Å²) in [5.74, 6) is 5.66. The van der Waals surface area contributed by atoms with Crippen LogP contribution in [0.25, 0.3) is 0 Å². The van der Waals surface area contributed by atoms with Gasteiger partial charge in [-0.2, -0.15) is 0 Å². The molecule has 4 rings (SSSR count). The van der Waals surface area contributed by atoms with E-state index in [9.17, 15) is 19.8 Å². The molecule has 2 aliphatic rings. The first-order chi connectivity index (χ1) is 16.9. The molecule has 0 spiro atoms. The molecule has 2 heterocycles. The fraction of sp³-hybridized carbons (Fsp3) is 0.429. The Hall–Kier alpha value is -3.54. The summed E-state index contributed by atoms with van der Waals surface area (Å²) >= 11 is 0. The van der Waals surface area contributed by atoms with Crippen molar-refractivity contribution < 1.29 is 29.6 Å². The molecule has 2 saturated heterocycles. The number of amides is 2. The Morgan fingerprint density at radius 3 is 2.33 bits per heavy atom. The molecular weight excluding hydrogens is 460 g/mol. The maximum absolute atomic E-state index is 13.2. The highest BCUT2D eigenvalue weighted by Gasteiger charge is 2.46. The van der Waals surface area contributed by atoms with Gasteiger partial charge in [0.05, 0.1) is 24.7 Å². The summed E-state index contributed by atoms with van der Waals surface area (Å²) < 4.78 is 6.07. The summed E-state index contributed by atoms with van der Waals surface area (Å²) in [4.78, 5) is 26.9. The van der Waals surface area contributed by atoms with Crippen LogP contribution in [0, 0.1) is 11.8 Å². The van der Waals surface area contributed by atoms with Crippen LogP contribution < -0.4 is 0 Å². The Balaban J connectivity index is 1.45. The Labute approximate surface area is 211 Å². The van der Waals surface area contributed by atoms with Crippen molar-refractivity contribution in [2.24, 2.45) is 0 Å². The van der Waals surface area contributed by atoms with Crippen molar-refractivity contribution >= 4 is 12.2 Å². The third-order valence-electron chi connectivity index (χ3n) is 6.77. The number of carboxylic acid groups (broad SMARTS) is 1. The minimum atomic E-state index is -1.32. The second kappa shape index (κ2) is 9.49. The van der Waals surface area contributed by atoms with Gasteiger partial charge in [-0.3, -0.25) is 0 Å². The molecular formula is C28H32N2O6. The lowest BCUT2D eigenvalue weighted by Crippen LogP contribution is -2.62. The van der Waals surface area contributed by atoms with E-state index in [2.05, 4.69) is 11.8 Å². The van der Waals surface area contributed by atoms with Crippen LogP contribution in [0.1, 0.15) is 56.3 Å². The molecule has 2 fully saturated rings. The van der Waals surface area contributed by atoms with Crippen molar-refractivity contribution in [2.75, 3.05) is 19.6 Å². The summed E-state index contributed by atoms with van der Waals surface area (Å²) in [6.07, 6.45) is -0.660. The first-order valence-electron chi connectivity index (χ1n) is 12.0. The van der Waals surface area contributed by atoms with Crippen molar-refractivity contribution in [2.45, 2.75) is 56.5 Å². The smallest absolute Gasteiger partial charge is 0.411 e. The Morgan fingerprint density at radius 1 is 1.14 bits per heavy atom. The van der Waals surface area contributed by atoms with Gasteiger partial charge in [-0.15, -0.1) is 0 Å². The van der Waals surface area contributed by atoms with Crippen LogP contribution in [0.5, 0.6) is 0 Å². The quantitative estimate of drug-likeness (QED) is 0.549. The number of benzene rings is 2. The monoisotopic (exact) mass is 492 g/mol. The third-order valence-corrected chi connectivity index (χ3v) is 6.77. The number of rotatable bonds is 5. The molecule has 2 amide bonds. The number of likely N-dealkylation sites (tertiary alicyclic amines) is 1. The molecule has 0 aromatic heterocycles. The number of hydrogen-bond donors (Lipinski definition) is 3. The fourth-order valence-electron chi connectivity index (χ4n) is 4.90. The van der Waals surface area contributed by atoms with Gasteiger partial charge < -0.3 is 29.9 Å². The van der Waals surface area contributed by atoms with Crippen LogP contribution >= 0.6 is 0 Å². The largest absolute Gasteiger partial charge is 0.465 e. The van der Waals surface area contributed by atoms with E-state index in [1.807, 2.05) is 61.5 Å². The number of ether oxygens (including phenoxy) is 1. The molecule has 3 N–H and O–H groups in total. The first-order valence-corrected chi connectivity index (χ1v) is 12.0. The van der Waals surface area contributed by atoms with Gasteiger partial charge in [-0.1, -0.05) is 54.3 Å². The zero-order valence-corrected chi connectivity index (χ0v) is 20.8. The van der Waals surface area contributed by atoms with Gasteiger partial charge in [0, 0.05) is 24.9 Å². The molecule has 0 bridgehead atoms. The highest BCUT2D eigenvalue weighted by Crippen LogP contribution is 2.42. The zero-order valence-electron chi connectivity index (χ0n) is 20.8. The first kappa shape index (κ1) is 25.5. The molecule has 2 atom stereocenters. The number of aliphatic hydroxyl groups is 2. The highest BCUT2D eigenvalue weighted by molar-refractivity contribution is 5.70. The van der Waals surface area contributed by atoms with E-state index in [4.69, 9.17) is 9.84 Å². The summed E-state index contributed by atoms with van der Waals surface area (Å²) in [5.41, 5.74) is -0.774. The van der Waals surface area contributed by atoms with Crippen LogP contribution in [0.4, 0.5) is 9.59 Å². The maximum atomic E-state index is 13.2. The van der Waals surface area contributed by atoms with Gasteiger partial charge in [-0.25, -0.2) is 9.59 Å². The molecule has 36 heavy (non-hydrogen) atoms. The SMILES string of the molecule is CC(c1ccc(C#CC2(O)CN(C(=O)O)C2)cc1)N1CCC(CC(C)(C)O)(c2ccccc2)OC1=O. The molecule has 2 aromatic carbocycles. The van der Waals surface area contributed by atoms with Crippen LogP contribution in [0.3, 0.4) is 0 Å². The zero-order chi connectivity index (χ0) is 26.1. The van der Waals surface area contributed by atoms with E-state index in [1.165, 1.54) is 0 Å². The number of cyclic esters (lactones) is 1. The minimum absolute atomic E-state index is 0.0283. The van der Waals surface area contributed by atoms with Crippen molar-refractivity contribution in [3.8, 4) is 11.8 Å². The predicted molar refractivity (Wildman–Crippen MR) is 133 cm³/mol. The van der Waals surface area contributed by atoms with E-state index < -0.39 is 29.0 Å². The topological polar surface area (TPSA) is 111 Å². The van der Waals surface area contributed by atoms with Gasteiger partial charge in [0.25, 0.3) is 0 Å². The Kier molecular flexibility index (Phi) is 6.74. The number of carbonyl (C=O) groups excluding carboxylic acids is 1. The van der Waals surface area contributed by atoms with Crippen LogP contribution in [0.15, 0.2) is 54.6 Å². The average molecular weight is 493 g/mol. The van der Waals surface area contributed by atoms with Gasteiger partial charge in [0.1, 0.15) is 5.60 Å². The second-order valence-corrected chi connectivity index (χ2v) is 10.4. The molecule has 8 heteroatoms. The highest BCUT2D eigenvalue weighted by atomic mass is 16.6. The average Bonchev–Trinajstić information content (AvgIpc) is 2.80. The molecule has 0 aliphatic carbocycles. The predicted octanol–water partition coefficient (Wildman–Crippen LogP) is 3.72. The second-order valence-electron chi connectivity index (χ2n) is 10.4. The Bertz CT molecular complexity index is 1170. The minimum Gasteiger partial charge on any atom is -0.465 e. The van der Waals surface area contributed by atoms with Gasteiger partial charge in [-0.05, 0) is 44.0 Å². The fourth-order valence-corrected chi connectivity index (χ4v) is 4.90. The van der Waals surface area contributed by atoms with Crippen LogP contribution in [-0.2, 0) is 10.3 Å². The van der Waals surface area contributed by atoms with E-state index in [0.717, 1.165) is 16.0 Å². The maximum Gasteiger partial charge on any atom is 0.411 e. The third kappa shape index (κ3) is 5.48.